The molecule has 0 N–H and O–H groups in total. The molecule has 0 aliphatic heterocycles. The Morgan fingerprint density at radius 3 is 1.96 bits per heavy atom. The van der Waals surface area contributed by atoms with Crippen LogP contribution in [0, 0.1) is 6.92 Å². The maximum atomic E-state index is 2.63. The topological polar surface area (TPSA) is 3.24 Å². The number of nitrogens with zero attached hydrogens (tertiary/aromatic N) is 1. The fraction of sp³-hybridized carbons (Fsp3) is 0.250. The summed E-state index contributed by atoms with van der Waals surface area (Å²) >= 11 is 0. The van der Waals surface area contributed by atoms with Gasteiger partial charge in [-0.3, -0.25) is 0 Å². The Balaban J connectivity index is 1.35. The lowest BCUT2D eigenvalue weighted by molar-refractivity contribution is 0.660. The summed E-state index contributed by atoms with van der Waals surface area (Å²) < 4.78 is 0. The third kappa shape index (κ3) is 4.97. The summed E-state index contributed by atoms with van der Waals surface area (Å²) in [4.78, 5) is 2.63. The Morgan fingerprint density at radius 2 is 1.16 bits per heavy atom. The van der Waals surface area contributed by atoms with Crippen molar-refractivity contribution < 1.29 is 0 Å². The molecule has 3 aliphatic rings. The van der Waals surface area contributed by atoms with Crippen molar-refractivity contribution in [3.63, 3.8) is 0 Å². The zero-order valence-electron chi connectivity index (χ0n) is 29.2. The zero-order chi connectivity index (χ0) is 33.1. The first kappa shape index (κ1) is 30.2. The van der Waals surface area contributed by atoms with E-state index < -0.39 is 0 Å². The molecule has 242 valence electrons. The highest BCUT2D eigenvalue weighted by atomic mass is 15.1. The predicted molar refractivity (Wildman–Crippen MR) is 208 cm³/mol. The highest BCUT2D eigenvalue weighted by Crippen LogP contribution is 2.55. The molecule has 0 bridgehead atoms. The van der Waals surface area contributed by atoms with Gasteiger partial charge in [0.05, 0.1) is 5.69 Å². The van der Waals surface area contributed by atoms with Crippen LogP contribution in [-0.4, -0.2) is 0 Å². The number of anilines is 3. The lowest BCUT2D eigenvalue weighted by atomic mass is 9.79. The summed E-state index contributed by atoms with van der Waals surface area (Å²) in [7, 11) is 0. The minimum atomic E-state index is -0.0939. The van der Waals surface area contributed by atoms with E-state index in [4.69, 9.17) is 0 Å². The average Bonchev–Trinajstić information content (AvgIpc) is 3.37. The van der Waals surface area contributed by atoms with Gasteiger partial charge >= 0.3 is 0 Å². The summed E-state index contributed by atoms with van der Waals surface area (Å²) in [5.74, 6) is 0. The molecule has 0 heterocycles. The number of hydrogen-bond acceptors (Lipinski definition) is 1. The molecule has 1 heteroatoms. The molecule has 6 aromatic carbocycles. The number of fused-ring (bicyclic) bond motifs is 5. The van der Waals surface area contributed by atoms with Gasteiger partial charge < -0.3 is 4.90 Å². The van der Waals surface area contributed by atoms with Gasteiger partial charge in [-0.1, -0.05) is 105 Å². The molecule has 9 rings (SSSR count). The van der Waals surface area contributed by atoms with Crippen LogP contribution in [-0.2, 0) is 31.1 Å². The first-order chi connectivity index (χ1) is 24.0. The molecule has 0 aromatic heterocycles. The number of rotatable bonds is 5. The van der Waals surface area contributed by atoms with Crippen LogP contribution < -0.4 is 4.90 Å². The van der Waals surface area contributed by atoms with Crippen molar-refractivity contribution in [2.75, 3.05) is 4.90 Å². The van der Waals surface area contributed by atoms with Crippen molar-refractivity contribution in [2.24, 2.45) is 0 Å². The second-order valence-corrected chi connectivity index (χ2v) is 15.1. The Hall–Kier alpha value is -4.88. The van der Waals surface area contributed by atoms with Gasteiger partial charge in [-0.25, -0.2) is 0 Å². The van der Waals surface area contributed by atoms with E-state index in [-0.39, 0.29) is 5.41 Å². The Morgan fingerprint density at radius 1 is 0.490 bits per heavy atom. The fourth-order valence-corrected chi connectivity index (χ4v) is 9.25. The van der Waals surface area contributed by atoms with Crippen LogP contribution in [0.25, 0.3) is 33.4 Å². The monoisotopic (exact) mass is 635 g/mol. The van der Waals surface area contributed by atoms with E-state index in [0.717, 1.165) is 19.3 Å². The fourth-order valence-electron chi connectivity index (χ4n) is 9.25. The van der Waals surface area contributed by atoms with Gasteiger partial charge in [0.2, 0.25) is 0 Å². The lowest BCUT2D eigenvalue weighted by Crippen LogP contribution is -2.19. The third-order valence-corrected chi connectivity index (χ3v) is 11.8. The van der Waals surface area contributed by atoms with Gasteiger partial charge in [-0.15, -0.1) is 0 Å². The van der Waals surface area contributed by atoms with Crippen molar-refractivity contribution in [1.82, 2.24) is 0 Å². The second kappa shape index (κ2) is 11.9. The smallest absolute Gasteiger partial charge is 0.0543 e. The molecule has 49 heavy (non-hydrogen) atoms. The molecular formula is C48H45N. The maximum Gasteiger partial charge on any atom is 0.0543 e. The first-order valence-corrected chi connectivity index (χ1v) is 18.5. The lowest BCUT2D eigenvalue weighted by Gasteiger charge is -2.34. The predicted octanol–water partition coefficient (Wildman–Crippen LogP) is 12.9. The van der Waals surface area contributed by atoms with Gasteiger partial charge in [0.1, 0.15) is 0 Å². The van der Waals surface area contributed by atoms with Crippen LogP contribution in [0.2, 0.25) is 0 Å². The van der Waals surface area contributed by atoms with Crippen LogP contribution in [0.1, 0.15) is 78.5 Å². The summed E-state index contributed by atoms with van der Waals surface area (Å²) in [5, 5.41) is 0. The molecule has 0 radical (unpaired) electrons. The van der Waals surface area contributed by atoms with Gasteiger partial charge in [0, 0.05) is 22.4 Å². The van der Waals surface area contributed by atoms with E-state index in [0.29, 0.717) is 0 Å². The van der Waals surface area contributed by atoms with Crippen LogP contribution in [0.4, 0.5) is 17.1 Å². The van der Waals surface area contributed by atoms with Crippen molar-refractivity contribution in [3.8, 4) is 33.4 Å². The molecule has 0 saturated carbocycles. The number of benzene rings is 6. The van der Waals surface area contributed by atoms with E-state index in [2.05, 4.69) is 147 Å². The highest BCUT2D eigenvalue weighted by molar-refractivity contribution is 5.97. The van der Waals surface area contributed by atoms with E-state index in [1.165, 1.54) is 116 Å². The summed E-state index contributed by atoms with van der Waals surface area (Å²) in [6, 6.07) is 46.2. The average molecular weight is 636 g/mol. The molecule has 0 amide bonds. The first-order valence-electron chi connectivity index (χ1n) is 18.5. The van der Waals surface area contributed by atoms with E-state index >= 15 is 0 Å². The van der Waals surface area contributed by atoms with Crippen LogP contribution >= 0.6 is 0 Å². The summed E-state index contributed by atoms with van der Waals surface area (Å²) in [6.45, 7) is 7.17. The molecule has 0 fully saturated rings. The Labute approximate surface area is 292 Å². The summed E-state index contributed by atoms with van der Waals surface area (Å²) in [5.41, 5.74) is 22.2. The van der Waals surface area contributed by atoms with Gasteiger partial charge in [-0.2, -0.15) is 0 Å². The minimum Gasteiger partial charge on any atom is -0.310 e. The molecule has 0 spiro atoms. The number of hydrogen-bond donors (Lipinski definition) is 0. The van der Waals surface area contributed by atoms with Crippen molar-refractivity contribution in [2.45, 2.75) is 77.6 Å². The maximum absolute atomic E-state index is 2.63. The zero-order valence-corrected chi connectivity index (χ0v) is 29.2. The largest absolute Gasteiger partial charge is 0.310 e. The Kier molecular flexibility index (Phi) is 7.34. The Bertz CT molecular complexity index is 2200. The molecule has 6 aromatic rings. The van der Waals surface area contributed by atoms with Crippen molar-refractivity contribution in [3.05, 3.63) is 160 Å². The normalized spacial score (nSPS) is 15.6. The summed E-state index contributed by atoms with van der Waals surface area (Å²) in [6.07, 6.45) is 9.67. The van der Waals surface area contributed by atoms with Crippen LogP contribution in [0.15, 0.2) is 121 Å². The van der Waals surface area contributed by atoms with Crippen LogP contribution in [0.3, 0.4) is 0 Å². The standard InChI is InChI=1S/C48H45N/c1-32-24-25-36-17-8-10-20-39(36)47(32)42-30-41-40-21-11-12-22-43(40)48(2,3)44(41)31-46(42)49(45-23-13-18-35-16-7-9-19-38(35)45)37-28-26-34(27-29-37)33-14-5-4-6-15-33/h4-6,11-15,18,21-31H,7-10,16-17,19-20H2,1-3H3. The highest BCUT2D eigenvalue weighted by Gasteiger charge is 2.37. The minimum absolute atomic E-state index is 0.0939. The van der Waals surface area contributed by atoms with Crippen molar-refractivity contribution in [1.29, 1.82) is 0 Å². The SMILES string of the molecule is Cc1ccc2c(c1-c1cc3c(cc1N(c1ccc(-c4ccccc4)cc1)c1cccc4c1CCCC4)C(C)(C)c1ccccc1-3)CCCC2. The van der Waals surface area contributed by atoms with Gasteiger partial charge in [0.15, 0.2) is 0 Å². The third-order valence-electron chi connectivity index (χ3n) is 11.8. The van der Waals surface area contributed by atoms with Gasteiger partial charge in [-0.05, 0) is 155 Å². The second-order valence-electron chi connectivity index (χ2n) is 15.1. The van der Waals surface area contributed by atoms with Gasteiger partial charge in [0.25, 0.3) is 0 Å². The molecule has 0 saturated heterocycles. The van der Waals surface area contributed by atoms with E-state index in [1.54, 1.807) is 5.56 Å². The molecule has 0 atom stereocenters. The van der Waals surface area contributed by atoms with E-state index in [9.17, 15) is 0 Å². The molecule has 0 unspecified atom stereocenters. The molecular weight excluding hydrogens is 591 g/mol. The molecule has 1 nitrogen and oxygen atoms in total. The van der Waals surface area contributed by atoms with Crippen molar-refractivity contribution >= 4 is 17.1 Å². The number of aryl methyl sites for hydroxylation is 3. The van der Waals surface area contributed by atoms with Crippen LogP contribution in [0.5, 0.6) is 0 Å². The molecule has 3 aliphatic carbocycles. The quantitative estimate of drug-likeness (QED) is 0.182. The van der Waals surface area contributed by atoms with E-state index in [1.807, 2.05) is 0 Å².